The van der Waals surface area contributed by atoms with Gasteiger partial charge in [0, 0.05) is 19.7 Å². The minimum absolute atomic E-state index is 0.507. The molecule has 1 N–H and O–H groups in total. The van der Waals surface area contributed by atoms with E-state index in [9.17, 15) is 0 Å². The van der Waals surface area contributed by atoms with Gasteiger partial charge < -0.3 is 10.1 Å². The molecule has 0 amide bonds. The third-order valence-corrected chi connectivity index (χ3v) is 3.75. The molecule has 90 valence electrons. The topological polar surface area (TPSA) is 21.3 Å². The van der Waals surface area contributed by atoms with Crippen molar-refractivity contribution in [1.29, 1.82) is 0 Å². The van der Waals surface area contributed by atoms with Gasteiger partial charge in [-0.25, -0.2) is 0 Å². The van der Waals surface area contributed by atoms with Crippen molar-refractivity contribution in [3.8, 4) is 0 Å². The van der Waals surface area contributed by atoms with E-state index in [1.54, 1.807) is 7.11 Å². The Bertz CT molecular complexity index is 173. The van der Waals surface area contributed by atoms with Crippen molar-refractivity contribution in [2.24, 2.45) is 11.3 Å². The molecule has 0 aromatic carbocycles. The highest BCUT2D eigenvalue weighted by Gasteiger charge is 2.29. The predicted molar refractivity (Wildman–Crippen MR) is 65.1 cm³/mol. The number of hydrogen-bond acceptors (Lipinski definition) is 2. The van der Waals surface area contributed by atoms with Gasteiger partial charge in [0.2, 0.25) is 0 Å². The monoisotopic (exact) mass is 213 g/mol. The molecule has 0 radical (unpaired) electrons. The average molecular weight is 213 g/mol. The molecule has 15 heavy (non-hydrogen) atoms. The Kier molecular flexibility index (Phi) is 5.07. The van der Waals surface area contributed by atoms with Crippen molar-refractivity contribution in [1.82, 2.24) is 5.32 Å². The van der Waals surface area contributed by atoms with Gasteiger partial charge in [-0.2, -0.15) is 0 Å². The molecule has 0 bridgehead atoms. The summed E-state index contributed by atoms with van der Waals surface area (Å²) in [4.78, 5) is 0. The summed E-state index contributed by atoms with van der Waals surface area (Å²) >= 11 is 0. The van der Waals surface area contributed by atoms with Gasteiger partial charge in [0.25, 0.3) is 0 Å². The first kappa shape index (κ1) is 13.0. The molecule has 1 fully saturated rings. The van der Waals surface area contributed by atoms with Gasteiger partial charge in [-0.1, -0.05) is 33.6 Å². The van der Waals surface area contributed by atoms with Crippen LogP contribution in [-0.4, -0.2) is 26.3 Å². The first-order chi connectivity index (χ1) is 7.07. The van der Waals surface area contributed by atoms with Gasteiger partial charge in [0.1, 0.15) is 0 Å². The van der Waals surface area contributed by atoms with Crippen molar-refractivity contribution < 1.29 is 4.74 Å². The molecule has 2 nitrogen and oxygen atoms in total. The van der Waals surface area contributed by atoms with Crippen molar-refractivity contribution in [3.63, 3.8) is 0 Å². The van der Waals surface area contributed by atoms with E-state index in [-0.39, 0.29) is 0 Å². The fraction of sp³-hybridized carbons (Fsp3) is 1.00. The Hall–Kier alpha value is -0.0800. The van der Waals surface area contributed by atoms with Crippen LogP contribution in [0.4, 0.5) is 0 Å². The van der Waals surface area contributed by atoms with Crippen LogP contribution in [0.15, 0.2) is 0 Å². The van der Waals surface area contributed by atoms with E-state index < -0.39 is 0 Å². The van der Waals surface area contributed by atoms with Gasteiger partial charge >= 0.3 is 0 Å². The zero-order chi connectivity index (χ0) is 11.3. The van der Waals surface area contributed by atoms with E-state index in [0.717, 1.165) is 13.2 Å². The lowest BCUT2D eigenvalue weighted by Crippen LogP contribution is -2.42. The molecule has 0 spiro atoms. The molecule has 1 aliphatic rings. The van der Waals surface area contributed by atoms with E-state index in [0.29, 0.717) is 17.4 Å². The molecular weight excluding hydrogens is 186 g/mol. The highest BCUT2D eigenvalue weighted by Crippen LogP contribution is 2.36. The summed E-state index contributed by atoms with van der Waals surface area (Å²) in [6.45, 7) is 8.91. The molecule has 0 aromatic heterocycles. The van der Waals surface area contributed by atoms with E-state index in [1.807, 2.05) is 0 Å². The largest absolute Gasteiger partial charge is 0.383 e. The normalized spacial score (nSPS) is 22.2. The SMILES string of the molecule is COCC(NCC1(C)CCCC1)C(C)C. The minimum atomic E-state index is 0.507. The Labute approximate surface area is 94.8 Å². The van der Waals surface area contributed by atoms with Crippen molar-refractivity contribution >= 4 is 0 Å². The quantitative estimate of drug-likeness (QED) is 0.732. The Morgan fingerprint density at radius 1 is 1.27 bits per heavy atom. The lowest BCUT2D eigenvalue weighted by molar-refractivity contribution is 0.138. The number of ether oxygens (including phenoxy) is 1. The average Bonchev–Trinajstić information content (AvgIpc) is 2.60. The first-order valence-electron chi connectivity index (χ1n) is 6.30. The maximum absolute atomic E-state index is 5.25. The standard InChI is InChI=1S/C13H27NO/c1-11(2)12(9-15-4)14-10-13(3)7-5-6-8-13/h11-12,14H,5-10H2,1-4H3. The smallest absolute Gasteiger partial charge is 0.0618 e. The van der Waals surface area contributed by atoms with Crippen LogP contribution in [0.5, 0.6) is 0 Å². The van der Waals surface area contributed by atoms with E-state index in [1.165, 1.54) is 25.7 Å². The summed E-state index contributed by atoms with van der Waals surface area (Å²) in [5.74, 6) is 0.648. The zero-order valence-electron chi connectivity index (χ0n) is 10.8. The van der Waals surface area contributed by atoms with Crippen LogP contribution in [0.25, 0.3) is 0 Å². The molecule has 1 atom stereocenters. The van der Waals surface area contributed by atoms with E-state index in [2.05, 4.69) is 26.1 Å². The predicted octanol–water partition coefficient (Wildman–Crippen LogP) is 2.83. The third kappa shape index (κ3) is 4.12. The van der Waals surface area contributed by atoms with Gasteiger partial charge in [0.15, 0.2) is 0 Å². The Balaban J connectivity index is 2.32. The molecule has 0 saturated heterocycles. The summed E-state index contributed by atoms with van der Waals surface area (Å²) in [6.07, 6.45) is 5.60. The summed E-state index contributed by atoms with van der Waals surface area (Å²) < 4.78 is 5.25. The van der Waals surface area contributed by atoms with Crippen molar-refractivity contribution in [3.05, 3.63) is 0 Å². The second kappa shape index (κ2) is 5.86. The van der Waals surface area contributed by atoms with Gasteiger partial charge in [-0.3, -0.25) is 0 Å². The summed E-state index contributed by atoms with van der Waals surface area (Å²) in [5.41, 5.74) is 0.543. The summed E-state index contributed by atoms with van der Waals surface area (Å²) in [7, 11) is 1.79. The van der Waals surface area contributed by atoms with Crippen molar-refractivity contribution in [2.45, 2.75) is 52.5 Å². The Morgan fingerprint density at radius 3 is 2.33 bits per heavy atom. The van der Waals surface area contributed by atoms with Gasteiger partial charge in [-0.05, 0) is 24.2 Å². The zero-order valence-corrected chi connectivity index (χ0v) is 10.8. The highest BCUT2D eigenvalue weighted by atomic mass is 16.5. The van der Waals surface area contributed by atoms with Gasteiger partial charge in [0.05, 0.1) is 6.61 Å². The lowest BCUT2D eigenvalue weighted by Gasteiger charge is -2.29. The molecule has 1 aliphatic carbocycles. The number of methoxy groups -OCH3 is 1. The number of nitrogens with one attached hydrogen (secondary N) is 1. The fourth-order valence-corrected chi connectivity index (χ4v) is 2.45. The van der Waals surface area contributed by atoms with Crippen LogP contribution in [0.1, 0.15) is 46.5 Å². The summed E-state index contributed by atoms with van der Waals surface area (Å²) in [5, 5.41) is 3.68. The lowest BCUT2D eigenvalue weighted by atomic mass is 9.88. The maximum atomic E-state index is 5.25. The van der Waals surface area contributed by atoms with E-state index >= 15 is 0 Å². The summed E-state index contributed by atoms with van der Waals surface area (Å²) in [6, 6.07) is 0.507. The van der Waals surface area contributed by atoms with E-state index in [4.69, 9.17) is 4.74 Å². The molecule has 1 saturated carbocycles. The molecule has 1 rings (SSSR count). The van der Waals surface area contributed by atoms with Gasteiger partial charge in [-0.15, -0.1) is 0 Å². The first-order valence-corrected chi connectivity index (χ1v) is 6.30. The highest BCUT2D eigenvalue weighted by molar-refractivity contribution is 4.84. The molecule has 1 unspecified atom stereocenters. The van der Waals surface area contributed by atoms with Crippen LogP contribution < -0.4 is 5.32 Å². The third-order valence-electron chi connectivity index (χ3n) is 3.75. The van der Waals surface area contributed by atoms with Crippen LogP contribution in [-0.2, 0) is 4.74 Å². The number of hydrogen-bond donors (Lipinski definition) is 1. The second-order valence-electron chi connectivity index (χ2n) is 5.70. The van der Waals surface area contributed by atoms with Crippen LogP contribution >= 0.6 is 0 Å². The van der Waals surface area contributed by atoms with Crippen LogP contribution in [0.3, 0.4) is 0 Å². The molecule has 0 aliphatic heterocycles. The second-order valence-corrected chi connectivity index (χ2v) is 5.70. The molecule has 2 heteroatoms. The van der Waals surface area contributed by atoms with Crippen LogP contribution in [0.2, 0.25) is 0 Å². The maximum Gasteiger partial charge on any atom is 0.0618 e. The fourth-order valence-electron chi connectivity index (χ4n) is 2.45. The Morgan fingerprint density at radius 2 is 1.87 bits per heavy atom. The number of rotatable bonds is 6. The minimum Gasteiger partial charge on any atom is -0.383 e. The molecular formula is C13H27NO. The molecule has 0 aromatic rings. The van der Waals surface area contributed by atoms with Crippen molar-refractivity contribution in [2.75, 3.05) is 20.3 Å². The van der Waals surface area contributed by atoms with Crippen LogP contribution in [0, 0.1) is 11.3 Å². The molecule has 0 heterocycles.